The number of aromatic nitrogens is 1. The number of ether oxygens (including phenoxy) is 2. The van der Waals surface area contributed by atoms with Crippen LogP contribution in [-0.2, 0) is 11.3 Å². The van der Waals surface area contributed by atoms with Gasteiger partial charge in [-0.2, -0.15) is 0 Å². The Bertz CT molecular complexity index is 867. The Kier molecular flexibility index (Phi) is 4.89. The summed E-state index contributed by atoms with van der Waals surface area (Å²) in [6.07, 6.45) is 3.05. The van der Waals surface area contributed by atoms with Gasteiger partial charge >= 0.3 is 5.97 Å². The van der Waals surface area contributed by atoms with E-state index in [-0.39, 0.29) is 48.1 Å². The van der Waals surface area contributed by atoms with E-state index in [1.807, 2.05) is 6.92 Å². The van der Waals surface area contributed by atoms with Crippen LogP contribution in [0.1, 0.15) is 60.4 Å². The Morgan fingerprint density at radius 2 is 2.04 bits per heavy atom. The number of carbonyl (C=O) groups excluding carboxylic acids is 2. The topological polar surface area (TPSA) is 77.8 Å². The van der Waals surface area contributed by atoms with Gasteiger partial charge in [-0.25, -0.2) is 9.18 Å². The van der Waals surface area contributed by atoms with Crippen LogP contribution in [-0.4, -0.2) is 52.8 Å². The first kappa shape index (κ1) is 19.0. The van der Waals surface area contributed by atoms with Crippen molar-refractivity contribution in [3.8, 4) is 5.75 Å². The average molecular weight is 392 g/mol. The van der Waals surface area contributed by atoms with Crippen LogP contribution < -0.4 is 10.2 Å². The zero-order valence-electron chi connectivity index (χ0n) is 16.2. The Balaban J connectivity index is 1.80. The normalized spacial score (nSPS) is 27.5. The predicted molar refractivity (Wildman–Crippen MR) is 98.4 cm³/mol. The fraction of sp³-hybridized carbons (Fsp3) is 0.650. The van der Waals surface area contributed by atoms with Gasteiger partial charge in [0, 0.05) is 12.7 Å². The highest BCUT2D eigenvalue weighted by Gasteiger charge is 2.56. The number of nitrogens with zero attached hydrogens (tertiary/aromatic N) is 2. The highest BCUT2D eigenvalue weighted by Crippen LogP contribution is 2.47. The van der Waals surface area contributed by atoms with Gasteiger partial charge in [-0.05, 0) is 32.1 Å². The zero-order valence-corrected chi connectivity index (χ0v) is 16.2. The van der Waals surface area contributed by atoms with Gasteiger partial charge in [0.15, 0.2) is 11.4 Å². The van der Waals surface area contributed by atoms with Crippen molar-refractivity contribution < 1.29 is 23.5 Å². The minimum absolute atomic E-state index is 0.104. The molecule has 1 saturated heterocycles. The molecule has 3 heterocycles. The molecule has 8 heteroatoms. The van der Waals surface area contributed by atoms with E-state index in [4.69, 9.17) is 9.47 Å². The van der Waals surface area contributed by atoms with Crippen LogP contribution in [0.2, 0.25) is 0 Å². The predicted octanol–water partition coefficient (Wildman–Crippen LogP) is 2.16. The number of piperidine rings is 1. The van der Waals surface area contributed by atoms with Gasteiger partial charge in [0.25, 0.3) is 5.91 Å². The van der Waals surface area contributed by atoms with Gasteiger partial charge in [-0.15, -0.1) is 0 Å². The molecular formula is C20H25FN2O5. The van der Waals surface area contributed by atoms with Crippen molar-refractivity contribution in [3.63, 3.8) is 0 Å². The number of pyridine rings is 1. The maximum absolute atomic E-state index is 14.3. The van der Waals surface area contributed by atoms with Crippen molar-refractivity contribution in [2.75, 3.05) is 13.2 Å². The number of fused-ring (bicyclic) bond motifs is 6. The number of carbonyl (C=O) groups is 2. The van der Waals surface area contributed by atoms with E-state index < -0.39 is 23.6 Å². The highest BCUT2D eigenvalue weighted by molar-refractivity contribution is 5.98. The van der Waals surface area contributed by atoms with Crippen LogP contribution in [0.5, 0.6) is 5.75 Å². The Hall–Kier alpha value is -2.38. The quantitative estimate of drug-likeness (QED) is 0.548. The van der Waals surface area contributed by atoms with Gasteiger partial charge in [-0.1, -0.05) is 13.3 Å². The third kappa shape index (κ3) is 2.81. The molecule has 3 aliphatic rings. The third-order valence-electron chi connectivity index (χ3n) is 6.05. The van der Waals surface area contributed by atoms with E-state index in [2.05, 4.69) is 0 Å². The summed E-state index contributed by atoms with van der Waals surface area (Å²) in [4.78, 5) is 40.1. The fourth-order valence-electron chi connectivity index (χ4n) is 4.75. The van der Waals surface area contributed by atoms with E-state index in [0.29, 0.717) is 25.8 Å². The maximum atomic E-state index is 14.3. The molecule has 1 aromatic rings. The van der Waals surface area contributed by atoms with Crippen LogP contribution in [0.3, 0.4) is 0 Å². The lowest BCUT2D eigenvalue weighted by atomic mass is 9.95. The molecule has 0 radical (unpaired) electrons. The molecule has 2 bridgehead atoms. The lowest BCUT2D eigenvalue weighted by molar-refractivity contribution is 0.0310. The first-order valence-corrected chi connectivity index (χ1v) is 10.0. The van der Waals surface area contributed by atoms with Crippen molar-refractivity contribution in [1.29, 1.82) is 0 Å². The Morgan fingerprint density at radius 3 is 2.75 bits per heavy atom. The fourth-order valence-corrected chi connectivity index (χ4v) is 4.75. The van der Waals surface area contributed by atoms with Gasteiger partial charge in [0.05, 0.1) is 25.3 Å². The maximum Gasteiger partial charge on any atom is 0.343 e. The molecule has 1 saturated carbocycles. The lowest BCUT2D eigenvalue weighted by Crippen LogP contribution is -2.55. The second-order valence-electron chi connectivity index (χ2n) is 7.72. The standard InChI is InChI=1S/C20H25FN2O5/c1-3-5-6-28-18-16-19(25)23-14-8-11(7-13(14)21)15(23)10-22(16)9-12(17(18)24)20(26)27-4-2/h9,11,13-15H,3-8,10H2,1-2H3/t11-,13-,14-,15+/m1/s1. The smallest absolute Gasteiger partial charge is 0.343 e. The van der Waals surface area contributed by atoms with Gasteiger partial charge in [0.1, 0.15) is 11.7 Å². The van der Waals surface area contributed by atoms with Crippen LogP contribution in [0, 0.1) is 5.92 Å². The van der Waals surface area contributed by atoms with E-state index >= 15 is 0 Å². The SMILES string of the molecule is CCCCOc1c2n(cc(C(=O)OCC)c1=O)C[C@H]1[C@@H]3C[C@@H](F)[C@@H](C3)N1C2=O. The molecule has 28 heavy (non-hydrogen) atoms. The monoisotopic (exact) mass is 392 g/mol. The first-order chi connectivity index (χ1) is 13.5. The summed E-state index contributed by atoms with van der Waals surface area (Å²) in [5, 5.41) is 0. The third-order valence-corrected chi connectivity index (χ3v) is 6.05. The van der Waals surface area contributed by atoms with Gasteiger partial charge in [0.2, 0.25) is 5.43 Å². The molecule has 152 valence electrons. The van der Waals surface area contributed by atoms with E-state index in [1.165, 1.54) is 6.20 Å². The second kappa shape index (κ2) is 7.22. The minimum Gasteiger partial charge on any atom is -0.487 e. The first-order valence-electron chi connectivity index (χ1n) is 10.0. The van der Waals surface area contributed by atoms with Crippen molar-refractivity contribution in [1.82, 2.24) is 9.47 Å². The van der Waals surface area contributed by atoms with Crippen LogP contribution >= 0.6 is 0 Å². The van der Waals surface area contributed by atoms with Crippen LogP contribution in [0.4, 0.5) is 4.39 Å². The molecule has 1 amide bonds. The van der Waals surface area contributed by atoms with Crippen LogP contribution in [0.25, 0.3) is 0 Å². The van der Waals surface area contributed by atoms with Crippen molar-refractivity contribution in [2.24, 2.45) is 5.92 Å². The van der Waals surface area contributed by atoms with Crippen molar-refractivity contribution >= 4 is 11.9 Å². The van der Waals surface area contributed by atoms with Crippen molar-refractivity contribution in [2.45, 2.75) is 64.3 Å². The van der Waals surface area contributed by atoms with Crippen molar-refractivity contribution in [3.05, 3.63) is 27.7 Å². The summed E-state index contributed by atoms with van der Waals surface area (Å²) in [6.45, 7) is 4.48. The summed E-state index contributed by atoms with van der Waals surface area (Å²) >= 11 is 0. The number of halogens is 1. The zero-order chi connectivity index (χ0) is 20.0. The molecule has 7 nitrogen and oxygen atoms in total. The summed E-state index contributed by atoms with van der Waals surface area (Å²) < 4.78 is 26.6. The molecule has 4 atom stereocenters. The highest BCUT2D eigenvalue weighted by atomic mass is 19.1. The number of rotatable bonds is 6. The molecule has 1 aromatic heterocycles. The Morgan fingerprint density at radius 1 is 1.25 bits per heavy atom. The molecule has 0 aromatic carbocycles. The molecule has 1 aliphatic carbocycles. The summed E-state index contributed by atoms with van der Waals surface area (Å²) in [7, 11) is 0. The van der Waals surface area contributed by atoms with Gasteiger partial charge in [-0.3, -0.25) is 9.59 Å². The van der Waals surface area contributed by atoms with Gasteiger partial charge < -0.3 is 18.9 Å². The molecular weight excluding hydrogens is 367 g/mol. The molecule has 0 N–H and O–H groups in total. The molecule has 4 rings (SSSR count). The summed E-state index contributed by atoms with van der Waals surface area (Å²) in [5.74, 6) is -1.13. The number of amides is 1. The lowest BCUT2D eigenvalue weighted by Gasteiger charge is -2.41. The summed E-state index contributed by atoms with van der Waals surface area (Å²) in [5.41, 5.74) is -0.663. The summed E-state index contributed by atoms with van der Waals surface area (Å²) in [6, 6.07) is -0.544. The molecule has 0 spiro atoms. The van der Waals surface area contributed by atoms with E-state index in [0.717, 1.165) is 6.42 Å². The number of hydrogen-bond donors (Lipinski definition) is 0. The number of hydrogen-bond acceptors (Lipinski definition) is 5. The minimum atomic E-state index is -1.02. The largest absolute Gasteiger partial charge is 0.487 e. The van der Waals surface area contributed by atoms with E-state index in [9.17, 15) is 18.8 Å². The average Bonchev–Trinajstić information content (AvgIpc) is 3.21. The second-order valence-corrected chi connectivity index (χ2v) is 7.72. The van der Waals surface area contributed by atoms with E-state index in [1.54, 1.807) is 16.4 Å². The number of unbranched alkanes of at least 4 members (excludes halogenated alkanes) is 1. The Labute approximate surface area is 162 Å². The molecule has 2 aliphatic heterocycles. The number of esters is 1. The molecule has 0 unspecified atom stereocenters. The number of alkyl halides is 1. The van der Waals surface area contributed by atoms with Crippen LogP contribution in [0.15, 0.2) is 11.0 Å². The molecule has 2 fully saturated rings.